The van der Waals surface area contributed by atoms with Crippen LogP contribution in [-0.2, 0) is 5.41 Å². The number of nitrogens with one attached hydrogen (secondary N) is 1. The van der Waals surface area contributed by atoms with E-state index in [4.69, 9.17) is 14.2 Å². The molecule has 0 radical (unpaired) electrons. The van der Waals surface area contributed by atoms with Gasteiger partial charge in [-0.25, -0.2) is 0 Å². The highest BCUT2D eigenvalue weighted by Gasteiger charge is 2.18. The van der Waals surface area contributed by atoms with E-state index < -0.39 is 0 Å². The molecule has 3 aromatic carbocycles. The van der Waals surface area contributed by atoms with Crippen molar-refractivity contribution >= 4 is 5.69 Å². The Balaban J connectivity index is 1.41. The minimum atomic E-state index is 0.0555. The summed E-state index contributed by atoms with van der Waals surface area (Å²) in [5.74, 6) is 2.61. The first-order valence-corrected chi connectivity index (χ1v) is 10.4. The highest BCUT2D eigenvalue weighted by Crippen LogP contribution is 2.30. The van der Waals surface area contributed by atoms with Crippen LogP contribution in [0, 0.1) is 0 Å². The second kappa shape index (κ2) is 10.6. The molecule has 0 spiro atoms. The van der Waals surface area contributed by atoms with E-state index in [9.17, 15) is 0 Å². The number of benzene rings is 3. The zero-order valence-electron chi connectivity index (χ0n) is 18.1. The van der Waals surface area contributed by atoms with Gasteiger partial charge in [0.15, 0.2) is 0 Å². The summed E-state index contributed by atoms with van der Waals surface area (Å²) in [6.45, 7) is 8.88. The van der Waals surface area contributed by atoms with Crippen molar-refractivity contribution < 1.29 is 14.2 Å². The summed E-state index contributed by atoms with van der Waals surface area (Å²) in [6.07, 6.45) is 0. The quantitative estimate of drug-likeness (QED) is 0.424. The summed E-state index contributed by atoms with van der Waals surface area (Å²) in [4.78, 5) is 0. The Morgan fingerprint density at radius 3 is 2.10 bits per heavy atom. The lowest BCUT2D eigenvalue weighted by molar-refractivity contribution is 0.217. The lowest BCUT2D eigenvalue weighted by Crippen LogP contribution is -2.16. The fourth-order valence-electron chi connectivity index (χ4n) is 3.10. The summed E-state index contributed by atoms with van der Waals surface area (Å²) < 4.78 is 17.5. The molecule has 0 aliphatic rings. The van der Waals surface area contributed by atoms with E-state index in [1.807, 2.05) is 66.7 Å². The number of anilines is 1. The van der Waals surface area contributed by atoms with Gasteiger partial charge in [-0.1, -0.05) is 63.2 Å². The molecule has 0 saturated heterocycles. The highest BCUT2D eigenvalue weighted by molar-refractivity contribution is 5.48. The predicted octanol–water partition coefficient (Wildman–Crippen LogP) is 5.93. The Bertz CT molecular complexity index is 903. The first-order valence-electron chi connectivity index (χ1n) is 10.4. The monoisotopic (exact) mass is 405 g/mol. The summed E-state index contributed by atoms with van der Waals surface area (Å²) in [5.41, 5.74) is 2.28. The molecule has 1 N–H and O–H groups in total. The number of hydrogen-bond donors (Lipinski definition) is 1. The molecule has 4 nitrogen and oxygen atoms in total. The Morgan fingerprint density at radius 1 is 0.667 bits per heavy atom. The summed E-state index contributed by atoms with van der Waals surface area (Å²) in [7, 11) is 0. The number of hydrogen-bond acceptors (Lipinski definition) is 4. The van der Waals surface area contributed by atoms with Crippen LogP contribution >= 0.6 is 0 Å². The first kappa shape index (κ1) is 21.6. The van der Waals surface area contributed by atoms with Gasteiger partial charge in [-0.15, -0.1) is 0 Å². The van der Waals surface area contributed by atoms with Crippen molar-refractivity contribution in [1.29, 1.82) is 0 Å². The Hall–Kier alpha value is -3.14. The van der Waals surface area contributed by atoms with E-state index in [1.54, 1.807) is 0 Å². The normalized spacial score (nSPS) is 11.0. The third-order valence-electron chi connectivity index (χ3n) is 4.58. The molecule has 0 saturated carbocycles. The molecule has 30 heavy (non-hydrogen) atoms. The van der Waals surface area contributed by atoms with Gasteiger partial charge < -0.3 is 19.5 Å². The molecule has 3 aromatic rings. The van der Waals surface area contributed by atoms with E-state index in [1.165, 1.54) is 5.56 Å². The third kappa shape index (κ3) is 6.73. The van der Waals surface area contributed by atoms with Crippen molar-refractivity contribution in [3.05, 3.63) is 84.4 Å². The van der Waals surface area contributed by atoms with Gasteiger partial charge in [0.05, 0.1) is 0 Å². The second-order valence-corrected chi connectivity index (χ2v) is 8.06. The van der Waals surface area contributed by atoms with Gasteiger partial charge in [0.25, 0.3) is 0 Å². The van der Waals surface area contributed by atoms with Crippen LogP contribution < -0.4 is 19.5 Å². The minimum absolute atomic E-state index is 0.0555. The molecule has 0 heterocycles. The molecule has 0 unspecified atom stereocenters. The van der Waals surface area contributed by atoms with Crippen molar-refractivity contribution in [1.82, 2.24) is 0 Å². The van der Waals surface area contributed by atoms with E-state index in [0.717, 1.165) is 22.9 Å². The van der Waals surface area contributed by atoms with Crippen LogP contribution in [0.4, 0.5) is 5.69 Å². The predicted molar refractivity (Wildman–Crippen MR) is 123 cm³/mol. The van der Waals surface area contributed by atoms with Crippen LogP contribution in [0.15, 0.2) is 78.9 Å². The molecule has 0 aromatic heterocycles. The maximum absolute atomic E-state index is 6.03. The van der Waals surface area contributed by atoms with Crippen molar-refractivity contribution in [2.24, 2.45) is 0 Å². The largest absolute Gasteiger partial charge is 0.491 e. The fraction of sp³-hybridized carbons (Fsp3) is 0.308. The van der Waals surface area contributed by atoms with Crippen molar-refractivity contribution in [3.8, 4) is 17.2 Å². The standard InChI is InChI=1S/C26H31NO3/c1-26(2,3)24-14-7-8-15-25(24)30-17-16-27-21-10-9-13-23(20-21)29-19-18-28-22-11-5-4-6-12-22/h4-15,20,27H,16-19H2,1-3H3. The average Bonchev–Trinajstić information content (AvgIpc) is 2.75. The summed E-state index contributed by atoms with van der Waals surface area (Å²) >= 11 is 0. The molecule has 0 bridgehead atoms. The third-order valence-corrected chi connectivity index (χ3v) is 4.58. The Morgan fingerprint density at radius 2 is 1.33 bits per heavy atom. The van der Waals surface area contributed by atoms with E-state index in [0.29, 0.717) is 26.4 Å². The number of para-hydroxylation sites is 2. The van der Waals surface area contributed by atoms with Crippen LogP contribution in [0.5, 0.6) is 17.2 Å². The van der Waals surface area contributed by atoms with Crippen LogP contribution in [0.25, 0.3) is 0 Å². The fourth-order valence-corrected chi connectivity index (χ4v) is 3.10. The smallest absolute Gasteiger partial charge is 0.123 e. The maximum atomic E-state index is 6.03. The van der Waals surface area contributed by atoms with Gasteiger partial charge in [0.1, 0.15) is 37.1 Å². The van der Waals surface area contributed by atoms with E-state index >= 15 is 0 Å². The molecule has 4 heteroatoms. The molecular weight excluding hydrogens is 374 g/mol. The van der Waals surface area contributed by atoms with Gasteiger partial charge in [-0.05, 0) is 41.3 Å². The average molecular weight is 406 g/mol. The molecule has 158 valence electrons. The molecule has 0 atom stereocenters. The van der Waals surface area contributed by atoms with Crippen LogP contribution in [0.3, 0.4) is 0 Å². The van der Waals surface area contributed by atoms with Gasteiger partial charge in [-0.3, -0.25) is 0 Å². The molecule has 3 rings (SSSR count). The molecule has 0 amide bonds. The topological polar surface area (TPSA) is 39.7 Å². The van der Waals surface area contributed by atoms with Gasteiger partial charge >= 0.3 is 0 Å². The Labute approximate surface area is 179 Å². The number of ether oxygens (including phenoxy) is 3. The zero-order chi connectivity index (χ0) is 21.2. The summed E-state index contributed by atoms with van der Waals surface area (Å²) in [5, 5.41) is 3.39. The van der Waals surface area contributed by atoms with Gasteiger partial charge in [-0.2, -0.15) is 0 Å². The number of rotatable bonds is 10. The first-order chi connectivity index (χ1) is 14.5. The van der Waals surface area contributed by atoms with Crippen molar-refractivity contribution in [2.75, 3.05) is 31.7 Å². The Kier molecular flexibility index (Phi) is 7.61. The lowest BCUT2D eigenvalue weighted by atomic mass is 9.86. The summed E-state index contributed by atoms with van der Waals surface area (Å²) in [6, 6.07) is 25.9. The second-order valence-electron chi connectivity index (χ2n) is 8.06. The van der Waals surface area contributed by atoms with Crippen LogP contribution in [-0.4, -0.2) is 26.4 Å². The SMILES string of the molecule is CC(C)(C)c1ccccc1OCCNc1cccc(OCCOc2ccccc2)c1. The molecule has 0 fully saturated rings. The zero-order valence-corrected chi connectivity index (χ0v) is 18.1. The van der Waals surface area contributed by atoms with Crippen LogP contribution in [0.2, 0.25) is 0 Å². The van der Waals surface area contributed by atoms with Crippen molar-refractivity contribution in [3.63, 3.8) is 0 Å². The minimum Gasteiger partial charge on any atom is -0.491 e. The van der Waals surface area contributed by atoms with Crippen molar-refractivity contribution in [2.45, 2.75) is 26.2 Å². The molecular formula is C26H31NO3. The maximum Gasteiger partial charge on any atom is 0.123 e. The van der Waals surface area contributed by atoms with Gasteiger partial charge in [0, 0.05) is 18.3 Å². The van der Waals surface area contributed by atoms with E-state index in [2.05, 4.69) is 38.2 Å². The highest BCUT2D eigenvalue weighted by atomic mass is 16.5. The van der Waals surface area contributed by atoms with Gasteiger partial charge in [0.2, 0.25) is 0 Å². The molecule has 0 aliphatic carbocycles. The van der Waals surface area contributed by atoms with E-state index in [-0.39, 0.29) is 5.41 Å². The van der Waals surface area contributed by atoms with Crippen LogP contribution in [0.1, 0.15) is 26.3 Å². The molecule has 0 aliphatic heterocycles. The lowest BCUT2D eigenvalue weighted by Gasteiger charge is -2.22.